The van der Waals surface area contributed by atoms with E-state index in [1.54, 1.807) is 6.07 Å². The highest BCUT2D eigenvalue weighted by atomic mass is 35.5. The molecule has 0 unspecified atom stereocenters. The molecule has 0 aliphatic heterocycles. The number of halogens is 2. The number of benzene rings is 1. The highest BCUT2D eigenvalue weighted by Crippen LogP contribution is 2.29. The monoisotopic (exact) mass is 271 g/mol. The molecule has 0 saturated carbocycles. The molecule has 0 saturated heterocycles. The zero-order valence-corrected chi connectivity index (χ0v) is 10.4. The Hall–Kier alpha value is -0.970. The van der Waals surface area contributed by atoms with Crippen LogP contribution in [0.5, 0.6) is 0 Å². The summed E-state index contributed by atoms with van der Waals surface area (Å²) in [5.74, 6) is 0.164. The van der Waals surface area contributed by atoms with Crippen molar-refractivity contribution < 1.29 is 0 Å². The van der Waals surface area contributed by atoms with Crippen LogP contribution in [0.2, 0.25) is 10.2 Å². The minimum Gasteiger partial charge on any atom is -0.368 e. The second-order valence-electron chi connectivity index (χ2n) is 2.95. The number of nitrogens with two attached hydrogens (primary N) is 1. The Labute approximate surface area is 107 Å². The minimum absolute atomic E-state index is 0.164. The van der Waals surface area contributed by atoms with E-state index in [9.17, 15) is 0 Å². The Morgan fingerprint density at radius 1 is 1.12 bits per heavy atom. The summed E-state index contributed by atoms with van der Waals surface area (Å²) in [4.78, 5) is 8.82. The standard InChI is InChI=1S/C10H7Cl2N3S/c11-6-2-1-3-7(4-6)16-9-5-8(12)14-10(13)15-9/h1-5H,(H2,13,14,15). The van der Waals surface area contributed by atoms with Crippen LogP contribution in [0.3, 0.4) is 0 Å². The van der Waals surface area contributed by atoms with Crippen molar-refractivity contribution in [1.82, 2.24) is 9.97 Å². The van der Waals surface area contributed by atoms with Gasteiger partial charge in [0.25, 0.3) is 0 Å². The average molecular weight is 272 g/mol. The number of rotatable bonds is 2. The molecule has 0 aliphatic rings. The van der Waals surface area contributed by atoms with E-state index in [0.717, 1.165) is 4.90 Å². The van der Waals surface area contributed by atoms with Crippen LogP contribution in [0, 0.1) is 0 Å². The van der Waals surface area contributed by atoms with Gasteiger partial charge in [0.2, 0.25) is 5.95 Å². The van der Waals surface area contributed by atoms with Crippen molar-refractivity contribution in [2.24, 2.45) is 0 Å². The molecule has 0 spiro atoms. The Bertz CT molecular complexity index is 499. The molecule has 1 heterocycles. The summed E-state index contributed by atoms with van der Waals surface area (Å²) in [5.41, 5.74) is 5.50. The van der Waals surface area contributed by atoms with Crippen LogP contribution in [0.4, 0.5) is 5.95 Å². The zero-order valence-electron chi connectivity index (χ0n) is 8.02. The third kappa shape index (κ3) is 3.01. The van der Waals surface area contributed by atoms with E-state index >= 15 is 0 Å². The first-order valence-corrected chi connectivity index (χ1v) is 5.94. The maximum Gasteiger partial charge on any atom is 0.222 e. The molecule has 0 fully saturated rings. The van der Waals surface area contributed by atoms with Gasteiger partial charge in [0.15, 0.2) is 0 Å². The number of anilines is 1. The van der Waals surface area contributed by atoms with Gasteiger partial charge in [0.05, 0.1) is 0 Å². The lowest BCUT2D eigenvalue weighted by Crippen LogP contribution is -1.95. The second kappa shape index (κ2) is 4.91. The Kier molecular flexibility index (Phi) is 3.53. The summed E-state index contributed by atoms with van der Waals surface area (Å²) >= 11 is 13.1. The second-order valence-corrected chi connectivity index (χ2v) is 4.86. The molecule has 16 heavy (non-hydrogen) atoms. The summed E-state index contributed by atoms with van der Waals surface area (Å²) in [5, 5.41) is 1.70. The Balaban J connectivity index is 2.27. The van der Waals surface area contributed by atoms with Crippen molar-refractivity contribution in [1.29, 1.82) is 0 Å². The molecule has 3 nitrogen and oxygen atoms in total. The number of hydrogen-bond acceptors (Lipinski definition) is 4. The molecule has 0 atom stereocenters. The van der Waals surface area contributed by atoms with Crippen LogP contribution in [-0.2, 0) is 0 Å². The van der Waals surface area contributed by atoms with Gasteiger partial charge in [-0.25, -0.2) is 9.97 Å². The van der Waals surface area contributed by atoms with Crippen molar-refractivity contribution in [2.45, 2.75) is 9.92 Å². The third-order valence-corrected chi connectivity index (χ3v) is 3.04. The lowest BCUT2D eigenvalue weighted by atomic mass is 10.4. The molecule has 0 aliphatic carbocycles. The van der Waals surface area contributed by atoms with Gasteiger partial charge in [-0.1, -0.05) is 41.0 Å². The highest BCUT2D eigenvalue weighted by molar-refractivity contribution is 7.99. The van der Waals surface area contributed by atoms with Crippen molar-refractivity contribution in [2.75, 3.05) is 5.73 Å². The summed E-state index contributed by atoms with van der Waals surface area (Å²) in [6.45, 7) is 0. The third-order valence-electron chi connectivity index (χ3n) is 1.71. The Morgan fingerprint density at radius 2 is 1.94 bits per heavy atom. The fourth-order valence-corrected chi connectivity index (χ4v) is 2.51. The van der Waals surface area contributed by atoms with Gasteiger partial charge in [-0.3, -0.25) is 0 Å². The lowest BCUT2D eigenvalue weighted by Gasteiger charge is -2.02. The summed E-state index contributed by atoms with van der Waals surface area (Å²) < 4.78 is 0. The van der Waals surface area contributed by atoms with Gasteiger partial charge >= 0.3 is 0 Å². The summed E-state index contributed by atoms with van der Waals surface area (Å²) in [6.07, 6.45) is 0. The van der Waals surface area contributed by atoms with E-state index in [0.29, 0.717) is 15.2 Å². The summed E-state index contributed by atoms with van der Waals surface area (Å²) in [7, 11) is 0. The highest BCUT2D eigenvalue weighted by Gasteiger charge is 2.03. The SMILES string of the molecule is Nc1nc(Cl)cc(Sc2cccc(Cl)c2)n1. The van der Waals surface area contributed by atoms with Crippen LogP contribution in [-0.4, -0.2) is 9.97 Å². The van der Waals surface area contributed by atoms with E-state index in [1.807, 2.05) is 24.3 Å². The maximum atomic E-state index is 5.88. The van der Waals surface area contributed by atoms with Crippen molar-refractivity contribution in [3.05, 3.63) is 40.5 Å². The van der Waals surface area contributed by atoms with Gasteiger partial charge in [0, 0.05) is 16.0 Å². The van der Waals surface area contributed by atoms with Crippen LogP contribution in [0.15, 0.2) is 40.3 Å². The quantitative estimate of drug-likeness (QED) is 0.850. The molecule has 2 aromatic rings. The zero-order chi connectivity index (χ0) is 11.5. The first-order chi connectivity index (χ1) is 7.63. The van der Waals surface area contributed by atoms with Crippen LogP contribution in [0.1, 0.15) is 0 Å². The predicted octanol–water partition coefficient (Wildman–Crippen LogP) is 3.52. The predicted molar refractivity (Wildman–Crippen MR) is 67.0 cm³/mol. The fourth-order valence-electron chi connectivity index (χ4n) is 1.12. The molecule has 1 aromatic heterocycles. The average Bonchev–Trinajstić information content (AvgIpc) is 2.15. The molecule has 1 aromatic carbocycles. The van der Waals surface area contributed by atoms with E-state index in [-0.39, 0.29) is 5.95 Å². The number of nitrogens with zero attached hydrogens (tertiary/aromatic N) is 2. The first kappa shape index (κ1) is 11.5. The molecule has 0 bridgehead atoms. The fraction of sp³-hybridized carbons (Fsp3) is 0. The number of nitrogen functional groups attached to an aromatic ring is 1. The largest absolute Gasteiger partial charge is 0.368 e. The van der Waals surface area contributed by atoms with Gasteiger partial charge in [-0.2, -0.15) is 0 Å². The minimum atomic E-state index is 0.164. The molecular weight excluding hydrogens is 265 g/mol. The first-order valence-electron chi connectivity index (χ1n) is 4.37. The molecule has 2 rings (SSSR count). The van der Waals surface area contributed by atoms with E-state index < -0.39 is 0 Å². The molecule has 82 valence electrons. The van der Waals surface area contributed by atoms with Crippen molar-refractivity contribution in [3.63, 3.8) is 0 Å². The smallest absolute Gasteiger partial charge is 0.222 e. The van der Waals surface area contributed by atoms with Gasteiger partial charge in [-0.05, 0) is 18.2 Å². The van der Waals surface area contributed by atoms with Crippen molar-refractivity contribution >= 4 is 40.9 Å². The van der Waals surface area contributed by atoms with Crippen LogP contribution >= 0.6 is 35.0 Å². The Morgan fingerprint density at radius 3 is 2.62 bits per heavy atom. The molecule has 0 amide bonds. The molecule has 2 N–H and O–H groups in total. The van der Waals surface area contributed by atoms with Crippen molar-refractivity contribution in [3.8, 4) is 0 Å². The van der Waals surface area contributed by atoms with E-state index in [1.165, 1.54) is 11.8 Å². The normalized spacial score (nSPS) is 10.4. The lowest BCUT2D eigenvalue weighted by molar-refractivity contribution is 1.06. The van der Waals surface area contributed by atoms with Crippen LogP contribution in [0.25, 0.3) is 0 Å². The van der Waals surface area contributed by atoms with Gasteiger partial charge in [0.1, 0.15) is 10.2 Å². The number of aromatic nitrogens is 2. The van der Waals surface area contributed by atoms with E-state index in [2.05, 4.69) is 9.97 Å². The topological polar surface area (TPSA) is 51.8 Å². The van der Waals surface area contributed by atoms with Crippen LogP contribution < -0.4 is 5.73 Å². The van der Waals surface area contributed by atoms with Gasteiger partial charge in [-0.15, -0.1) is 0 Å². The van der Waals surface area contributed by atoms with Gasteiger partial charge < -0.3 is 5.73 Å². The van der Waals surface area contributed by atoms with E-state index in [4.69, 9.17) is 28.9 Å². The molecular formula is C10H7Cl2N3S. The molecule has 6 heteroatoms. The maximum absolute atomic E-state index is 5.88. The summed E-state index contributed by atoms with van der Waals surface area (Å²) in [6, 6.07) is 9.12. The number of hydrogen-bond donors (Lipinski definition) is 1. The molecule has 0 radical (unpaired) electrons.